The Morgan fingerprint density at radius 2 is 1.90 bits per heavy atom. The summed E-state index contributed by atoms with van der Waals surface area (Å²) in [4.78, 5) is 0. The van der Waals surface area contributed by atoms with Gasteiger partial charge in [-0.25, -0.2) is 0 Å². The first kappa shape index (κ1) is 23.2. The Balaban J connectivity index is 0.00000320. The average Bonchev–Trinajstić information content (AvgIpc) is 3.09. The third-order valence-electron chi connectivity index (χ3n) is 4.22. The van der Waals surface area contributed by atoms with Crippen molar-refractivity contribution in [2.24, 2.45) is 20.4 Å². The molecule has 0 bridgehead atoms. The molecule has 3 rings (SSSR count). The van der Waals surface area contributed by atoms with Gasteiger partial charge in [-0.2, -0.15) is 9.68 Å². The van der Waals surface area contributed by atoms with Crippen LogP contribution in [0.3, 0.4) is 0 Å². The number of para-hydroxylation sites is 2. The summed E-state index contributed by atoms with van der Waals surface area (Å²) >= 11 is 0. The molecule has 11 heteroatoms. The molecule has 1 unspecified atom stereocenters. The number of nitrogens with zero attached hydrogens (tertiary/aromatic N) is 7. The van der Waals surface area contributed by atoms with Crippen LogP contribution in [0.5, 0.6) is 0 Å². The van der Waals surface area contributed by atoms with Gasteiger partial charge in [0.25, 0.3) is 6.33 Å². The largest absolute Gasteiger partial charge is 1.00 e. The van der Waals surface area contributed by atoms with E-state index in [1.165, 1.54) is 10.9 Å². The molecule has 0 saturated heterocycles. The predicted octanol–water partition coefficient (Wildman–Crippen LogP) is -1.77. The van der Waals surface area contributed by atoms with Crippen LogP contribution in [0.1, 0.15) is 19.6 Å². The second-order valence-electron chi connectivity index (χ2n) is 6.25. The molecule has 2 heterocycles. The number of amidine groups is 1. The highest BCUT2D eigenvalue weighted by Crippen LogP contribution is 2.10. The number of imidazole rings is 1. The lowest BCUT2D eigenvalue weighted by Gasteiger charge is -2.03. The number of rotatable bonds is 7. The number of azo groups is 1. The van der Waals surface area contributed by atoms with Crippen LogP contribution in [0, 0.1) is 0 Å². The molecular formula is C19H24ClN7O3. The highest BCUT2D eigenvalue weighted by atomic mass is 35.5. The van der Waals surface area contributed by atoms with Gasteiger partial charge in [0.05, 0.1) is 12.0 Å². The van der Waals surface area contributed by atoms with Crippen molar-refractivity contribution in [3.63, 3.8) is 0 Å². The number of benzene rings is 1. The van der Waals surface area contributed by atoms with Crippen LogP contribution in [-0.4, -0.2) is 43.7 Å². The van der Waals surface area contributed by atoms with E-state index < -0.39 is 6.23 Å². The maximum absolute atomic E-state index is 10.4. The van der Waals surface area contributed by atoms with E-state index in [9.17, 15) is 10.3 Å². The van der Waals surface area contributed by atoms with E-state index >= 15 is 0 Å². The Bertz CT molecular complexity index is 1070. The van der Waals surface area contributed by atoms with Gasteiger partial charge in [0, 0.05) is 25.4 Å². The fourth-order valence-electron chi connectivity index (χ4n) is 2.70. The number of aromatic nitrogens is 3. The molecule has 0 saturated carbocycles. The van der Waals surface area contributed by atoms with Crippen LogP contribution in [0.4, 0.5) is 0 Å². The lowest BCUT2D eigenvalue weighted by molar-refractivity contribution is -0.735. The minimum Gasteiger partial charge on any atom is -1.00 e. The number of aliphatic hydroxyl groups excluding tert-OH is 2. The van der Waals surface area contributed by atoms with Crippen molar-refractivity contribution in [2.75, 3.05) is 13.2 Å². The topological polar surface area (TPSA) is 124 Å². The van der Waals surface area contributed by atoms with Crippen LogP contribution >= 0.6 is 0 Å². The Labute approximate surface area is 179 Å². The van der Waals surface area contributed by atoms with Gasteiger partial charge < -0.3 is 32.4 Å². The highest BCUT2D eigenvalue weighted by molar-refractivity contribution is 5.81. The molecule has 0 spiro atoms. The molecule has 0 radical (unpaired) electrons. The second-order valence-corrected chi connectivity index (χ2v) is 6.25. The maximum Gasteiger partial charge on any atom is 0.287 e. The first-order valence-electron chi connectivity index (χ1n) is 9.26. The number of pyridine rings is 1. The predicted molar refractivity (Wildman–Crippen MR) is 105 cm³/mol. The van der Waals surface area contributed by atoms with Crippen molar-refractivity contribution in [2.45, 2.75) is 26.1 Å². The lowest BCUT2D eigenvalue weighted by Crippen LogP contribution is -3.00. The molecule has 0 fully saturated rings. The quantitative estimate of drug-likeness (QED) is 0.102. The van der Waals surface area contributed by atoms with E-state index in [4.69, 9.17) is 5.11 Å². The van der Waals surface area contributed by atoms with E-state index in [0.717, 1.165) is 4.73 Å². The van der Waals surface area contributed by atoms with E-state index in [2.05, 4.69) is 20.4 Å². The summed E-state index contributed by atoms with van der Waals surface area (Å²) < 4.78 is 4.32. The summed E-state index contributed by atoms with van der Waals surface area (Å²) in [7, 11) is 0. The SMILES string of the molecule is CCC(N=NCC(O)[n+]1cn(O)c2ccccc21)=NN=c1ccn(CCO)cc1.[Cl-]. The van der Waals surface area contributed by atoms with Crippen LogP contribution in [0.15, 0.2) is 75.6 Å². The molecule has 3 aromatic rings. The summed E-state index contributed by atoms with van der Waals surface area (Å²) in [5, 5.41) is 46.2. The van der Waals surface area contributed by atoms with Gasteiger partial charge in [-0.3, -0.25) is 0 Å². The van der Waals surface area contributed by atoms with Gasteiger partial charge in [-0.05, 0) is 29.0 Å². The Morgan fingerprint density at radius 1 is 1.17 bits per heavy atom. The Kier molecular flexibility index (Phi) is 8.66. The van der Waals surface area contributed by atoms with E-state index in [0.29, 0.717) is 35.2 Å². The zero-order valence-corrected chi connectivity index (χ0v) is 17.2. The van der Waals surface area contributed by atoms with Gasteiger partial charge in [0.1, 0.15) is 6.54 Å². The molecule has 1 aromatic carbocycles. The third-order valence-corrected chi connectivity index (χ3v) is 4.22. The van der Waals surface area contributed by atoms with Crippen molar-refractivity contribution >= 4 is 16.9 Å². The summed E-state index contributed by atoms with van der Waals surface area (Å²) in [6.07, 6.45) is 4.56. The Morgan fingerprint density at radius 3 is 2.60 bits per heavy atom. The average molecular weight is 434 g/mol. The van der Waals surface area contributed by atoms with Gasteiger partial charge in [0.15, 0.2) is 11.4 Å². The van der Waals surface area contributed by atoms with E-state index in [1.54, 1.807) is 30.3 Å². The first-order valence-corrected chi connectivity index (χ1v) is 9.26. The summed E-state index contributed by atoms with van der Waals surface area (Å²) in [5.74, 6) is 0.430. The second kappa shape index (κ2) is 11.2. The fraction of sp³-hybridized carbons (Fsp3) is 0.316. The number of aliphatic hydroxyl groups is 2. The van der Waals surface area contributed by atoms with Gasteiger partial charge >= 0.3 is 0 Å². The molecule has 160 valence electrons. The van der Waals surface area contributed by atoms with Crippen LogP contribution in [0.25, 0.3) is 11.0 Å². The zero-order valence-electron chi connectivity index (χ0n) is 16.5. The highest BCUT2D eigenvalue weighted by Gasteiger charge is 2.20. The summed E-state index contributed by atoms with van der Waals surface area (Å²) in [5.41, 5.74) is 1.26. The van der Waals surface area contributed by atoms with Crippen molar-refractivity contribution in [3.05, 3.63) is 60.5 Å². The molecule has 10 nitrogen and oxygen atoms in total. The van der Waals surface area contributed by atoms with Crippen molar-refractivity contribution in [1.82, 2.24) is 9.30 Å². The molecule has 0 amide bonds. The number of hydrogen-bond donors (Lipinski definition) is 3. The summed E-state index contributed by atoms with van der Waals surface area (Å²) in [6, 6.07) is 10.7. The molecule has 2 aromatic heterocycles. The van der Waals surface area contributed by atoms with E-state index in [-0.39, 0.29) is 25.6 Å². The molecule has 30 heavy (non-hydrogen) atoms. The fourth-order valence-corrected chi connectivity index (χ4v) is 2.70. The third kappa shape index (κ3) is 5.72. The Hall–Kier alpha value is -3.08. The number of halogens is 1. The molecule has 0 aliphatic carbocycles. The van der Waals surface area contributed by atoms with Gasteiger partial charge in [-0.1, -0.05) is 19.1 Å². The zero-order chi connectivity index (χ0) is 20.6. The number of fused-ring (bicyclic) bond motifs is 1. The molecule has 0 aliphatic heterocycles. The number of hydrogen-bond acceptors (Lipinski definition) is 6. The van der Waals surface area contributed by atoms with Crippen LogP contribution in [-0.2, 0) is 6.54 Å². The molecule has 3 N–H and O–H groups in total. The van der Waals surface area contributed by atoms with Crippen molar-refractivity contribution in [3.8, 4) is 0 Å². The lowest BCUT2D eigenvalue weighted by atomic mass is 10.3. The van der Waals surface area contributed by atoms with Crippen molar-refractivity contribution < 1.29 is 32.4 Å². The minimum absolute atomic E-state index is 0. The van der Waals surface area contributed by atoms with Gasteiger partial charge in [0.2, 0.25) is 11.7 Å². The van der Waals surface area contributed by atoms with Crippen molar-refractivity contribution in [1.29, 1.82) is 0 Å². The smallest absolute Gasteiger partial charge is 0.287 e. The van der Waals surface area contributed by atoms with E-state index in [1.807, 2.05) is 30.0 Å². The normalized spacial score (nSPS) is 12.8. The maximum atomic E-state index is 10.4. The van der Waals surface area contributed by atoms with Gasteiger partial charge in [-0.15, -0.1) is 15.3 Å². The molecule has 1 atom stereocenters. The molecule has 0 aliphatic rings. The van der Waals surface area contributed by atoms with Crippen LogP contribution in [0.2, 0.25) is 0 Å². The minimum atomic E-state index is -0.983. The van der Waals surface area contributed by atoms with Crippen LogP contribution < -0.4 is 22.3 Å². The standard InChI is InChI=1S/C19H24N7O3.ClH/c1-2-18(23-21-15-7-9-24(10-8-15)11-12-27)22-20-13-19(28)25-14-26(29)17-6-4-3-5-16(17)25;/h3-10,14,19,27-29H,2,11-13H2,1H3;1H/q+1;/p-1. The first-order chi connectivity index (χ1) is 14.1. The monoisotopic (exact) mass is 433 g/mol. The summed E-state index contributed by atoms with van der Waals surface area (Å²) in [6.45, 7) is 2.48. The molecular weight excluding hydrogens is 410 g/mol.